The van der Waals surface area contributed by atoms with Crippen LogP contribution in [0.2, 0.25) is 0 Å². The van der Waals surface area contributed by atoms with E-state index in [0.717, 1.165) is 0 Å². The Kier molecular flexibility index (Phi) is 28.2. The molecule has 0 radical (unpaired) electrons. The molecule has 72 heavy (non-hydrogen) atoms. The number of aliphatic hydroxyl groups excluding tert-OH is 1. The lowest BCUT2D eigenvalue weighted by Gasteiger charge is -2.29. The van der Waals surface area contributed by atoms with Gasteiger partial charge in [-0.1, -0.05) is 85.7 Å². The molecule has 15 N–H and O–H groups in total. The summed E-state index contributed by atoms with van der Waals surface area (Å²) in [6, 6.07) is -4.43. The summed E-state index contributed by atoms with van der Waals surface area (Å²) in [4.78, 5) is 145. The van der Waals surface area contributed by atoms with Crippen molar-refractivity contribution >= 4 is 76.9 Å². The summed E-state index contributed by atoms with van der Waals surface area (Å²) in [5, 5.41) is 48.5. The number of carboxylic acid groups (broad SMARTS) is 2. The number of rotatable bonds is 33. The molecule has 0 heterocycles. The van der Waals surface area contributed by atoms with Gasteiger partial charge in [-0.25, -0.2) is 4.79 Å². The maximum Gasteiger partial charge on any atom is 0.326 e. The van der Waals surface area contributed by atoms with Crippen LogP contribution >= 0.6 is 11.8 Å². The van der Waals surface area contributed by atoms with Crippen LogP contribution in [0.3, 0.4) is 0 Å². The van der Waals surface area contributed by atoms with E-state index in [-0.39, 0.29) is 37.5 Å². The first-order valence-corrected chi connectivity index (χ1v) is 25.1. The van der Waals surface area contributed by atoms with Crippen molar-refractivity contribution < 1.29 is 68.1 Å². The molecule has 9 amide bonds. The topological polar surface area (TPSA) is 397 Å². The number of primary amides is 1. The number of carbonyl (C=O) groups excluding carboxylic acids is 9. The number of hydrogen-bond donors (Lipinski definition) is 13. The number of aliphatic hydroxyl groups is 1. The Morgan fingerprint density at radius 2 is 0.944 bits per heavy atom. The summed E-state index contributed by atoms with van der Waals surface area (Å²) in [7, 11) is 0. The lowest BCUT2D eigenvalue weighted by Crippen LogP contribution is -2.61. The van der Waals surface area contributed by atoms with Crippen molar-refractivity contribution in [2.24, 2.45) is 35.1 Å². The van der Waals surface area contributed by atoms with Crippen LogP contribution in [0.4, 0.5) is 0 Å². The minimum absolute atomic E-state index is 0.00405. The molecular formula is C47H76N10O14S. The normalized spacial score (nSPS) is 15.0. The highest BCUT2D eigenvalue weighted by molar-refractivity contribution is 7.98. The summed E-state index contributed by atoms with van der Waals surface area (Å²) >= 11 is 1.34. The number of amides is 9. The Bertz CT molecular complexity index is 2030. The van der Waals surface area contributed by atoms with Crippen LogP contribution in [0.5, 0.6) is 0 Å². The molecule has 0 aliphatic heterocycles. The first-order chi connectivity index (χ1) is 33.6. The highest BCUT2D eigenvalue weighted by atomic mass is 32.2. The number of carbonyl (C=O) groups is 11. The molecule has 0 aromatic heterocycles. The third-order valence-electron chi connectivity index (χ3n) is 10.9. The molecule has 0 spiro atoms. The summed E-state index contributed by atoms with van der Waals surface area (Å²) in [5.74, 6) is -12.2. The Morgan fingerprint density at radius 1 is 0.528 bits per heavy atom. The Hall–Kier alpha value is -6.34. The number of nitrogens with one attached hydrogen (secondary N) is 8. The molecule has 25 heteroatoms. The Morgan fingerprint density at radius 3 is 1.40 bits per heavy atom. The lowest BCUT2D eigenvalue weighted by molar-refractivity contribution is -0.144. The van der Waals surface area contributed by atoms with Crippen LogP contribution < -0.4 is 54.0 Å². The van der Waals surface area contributed by atoms with E-state index in [1.165, 1.54) is 11.8 Å². The van der Waals surface area contributed by atoms with Crippen molar-refractivity contribution in [3.8, 4) is 0 Å². The van der Waals surface area contributed by atoms with Gasteiger partial charge in [0, 0.05) is 6.42 Å². The van der Waals surface area contributed by atoms with Crippen molar-refractivity contribution in [3.63, 3.8) is 0 Å². The molecule has 0 unspecified atom stereocenters. The van der Waals surface area contributed by atoms with Gasteiger partial charge in [0.2, 0.25) is 53.2 Å². The van der Waals surface area contributed by atoms with Gasteiger partial charge in [0.1, 0.15) is 48.3 Å². The molecule has 0 aliphatic carbocycles. The molecule has 0 saturated carbocycles. The van der Waals surface area contributed by atoms with Gasteiger partial charge < -0.3 is 69.3 Å². The predicted octanol–water partition coefficient (Wildman–Crippen LogP) is -1.98. The summed E-state index contributed by atoms with van der Waals surface area (Å²) in [5.41, 5.74) is 11.8. The second-order valence-corrected chi connectivity index (χ2v) is 19.9. The smallest absolute Gasteiger partial charge is 0.326 e. The minimum atomic E-state index is -1.71. The van der Waals surface area contributed by atoms with E-state index in [1.807, 2.05) is 0 Å². The summed E-state index contributed by atoms with van der Waals surface area (Å²) in [6.07, 6.45) is 0.205. The van der Waals surface area contributed by atoms with Crippen LogP contribution in [0.1, 0.15) is 93.1 Å². The molecular weight excluding hydrogens is 961 g/mol. The minimum Gasteiger partial charge on any atom is -0.481 e. The highest BCUT2D eigenvalue weighted by Gasteiger charge is 2.36. The van der Waals surface area contributed by atoms with Crippen molar-refractivity contribution in [1.82, 2.24) is 42.5 Å². The van der Waals surface area contributed by atoms with E-state index >= 15 is 0 Å². The maximum absolute atomic E-state index is 14.3. The number of benzene rings is 1. The van der Waals surface area contributed by atoms with Crippen molar-refractivity contribution in [2.45, 2.75) is 148 Å². The van der Waals surface area contributed by atoms with Gasteiger partial charge in [-0.05, 0) is 60.5 Å². The van der Waals surface area contributed by atoms with Gasteiger partial charge in [-0.3, -0.25) is 47.9 Å². The molecule has 1 aromatic carbocycles. The summed E-state index contributed by atoms with van der Waals surface area (Å²) in [6.45, 7) is 12.4. The fourth-order valence-electron chi connectivity index (χ4n) is 7.04. The molecule has 24 nitrogen and oxygen atoms in total. The van der Waals surface area contributed by atoms with Crippen LogP contribution in [0, 0.1) is 23.7 Å². The predicted molar refractivity (Wildman–Crippen MR) is 266 cm³/mol. The average molecular weight is 1040 g/mol. The van der Waals surface area contributed by atoms with E-state index < -0.39 is 151 Å². The standard InChI is InChI=1S/C47H76N10O14S/c1-23(2)17-30(51-39(62)28(48)20-36(60)61)41(64)52-31(18-24(3)4)42(65)54-33(21-35(49)59)44(67)53-32(19-27-13-11-10-12-14-27)43(66)50-29(15-16-72-9)40(63)56-37(25(5)6)46(69)55-34(22-58)45(68)57-38(26(7)8)47(70)71/h10-14,23-26,28-34,37-38,58H,15-22,48H2,1-9H3,(H2,49,59)(H,50,66)(H,51,62)(H,52,64)(H,53,67)(H,54,65)(H,55,69)(H,56,63)(H,57,68)(H,60,61)(H,70,71)/t28-,29-,30-,31-,32-,33-,34-,37-,38-/m0/s1. The first kappa shape index (κ1) is 63.7. The molecule has 404 valence electrons. The number of nitrogens with two attached hydrogens (primary N) is 2. The largest absolute Gasteiger partial charge is 0.481 e. The van der Waals surface area contributed by atoms with E-state index in [4.69, 9.17) is 16.6 Å². The van der Waals surface area contributed by atoms with Crippen molar-refractivity contribution in [2.75, 3.05) is 18.6 Å². The van der Waals surface area contributed by atoms with Crippen LogP contribution in [0.25, 0.3) is 0 Å². The zero-order valence-corrected chi connectivity index (χ0v) is 43.3. The highest BCUT2D eigenvalue weighted by Crippen LogP contribution is 2.13. The molecule has 1 aromatic rings. The van der Waals surface area contributed by atoms with Crippen molar-refractivity contribution in [3.05, 3.63) is 35.9 Å². The molecule has 0 aliphatic rings. The first-order valence-electron chi connectivity index (χ1n) is 23.7. The summed E-state index contributed by atoms with van der Waals surface area (Å²) < 4.78 is 0. The third kappa shape index (κ3) is 23.3. The SMILES string of the molecule is CSCC[C@H](NC(=O)[C@H](Cc1ccccc1)NC(=O)[C@H](CC(N)=O)NC(=O)[C@H](CC(C)C)NC(=O)[C@H](CC(C)C)NC(=O)[C@@H](N)CC(=O)O)C(=O)N[C@H](C(=O)N[C@@H](CO)C(=O)N[C@H](C(=O)O)C(C)C)C(C)C. The van der Waals surface area contributed by atoms with Crippen LogP contribution in [0.15, 0.2) is 30.3 Å². The number of hydrogen-bond acceptors (Lipinski definition) is 14. The number of aliphatic carboxylic acids is 2. The fraction of sp³-hybridized carbons (Fsp3) is 0.638. The molecule has 9 atom stereocenters. The zero-order chi connectivity index (χ0) is 55.0. The zero-order valence-electron chi connectivity index (χ0n) is 42.4. The quantitative estimate of drug-likeness (QED) is 0.0363. The van der Waals surface area contributed by atoms with Gasteiger partial charge in [0.15, 0.2) is 0 Å². The maximum atomic E-state index is 14.3. The van der Waals surface area contributed by atoms with E-state index in [0.29, 0.717) is 11.3 Å². The van der Waals surface area contributed by atoms with Gasteiger partial charge in [-0.2, -0.15) is 11.8 Å². The second kappa shape index (κ2) is 31.9. The number of thioether (sulfide) groups is 1. The van der Waals surface area contributed by atoms with Gasteiger partial charge >= 0.3 is 11.9 Å². The van der Waals surface area contributed by atoms with Gasteiger partial charge in [0.25, 0.3) is 0 Å². The Labute approximate surface area is 424 Å². The van der Waals surface area contributed by atoms with Crippen LogP contribution in [-0.4, -0.2) is 153 Å². The van der Waals surface area contributed by atoms with Gasteiger partial charge in [-0.15, -0.1) is 0 Å². The van der Waals surface area contributed by atoms with Crippen molar-refractivity contribution in [1.29, 1.82) is 0 Å². The van der Waals surface area contributed by atoms with E-state index in [2.05, 4.69) is 42.5 Å². The second-order valence-electron chi connectivity index (χ2n) is 19.0. The average Bonchev–Trinajstić information content (AvgIpc) is 3.28. The lowest BCUT2D eigenvalue weighted by atomic mass is 9.99. The number of carboxylic acids is 2. The Balaban J connectivity index is 3.52. The van der Waals surface area contributed by atoms with Gasteiger partial charge in [0.05, 0.1) is 25.5 Å². The fourth-order valence-corrected chi connectivity index (χ4v) is 7.51. The molecule has 0 fully saturated rings. The monoisotopic (exact) mass is 1040 g/mol. The van der Waals surface area contributed by atoms with Crippen LogP contribution in [-0.2, 0) is 59.2 Å². The third-order valence-corrected chi connectivity index (χ3v) is 11.5. The van der Waals surface area contributed by atoms with E-state index in [9.17, 15) is 63.0 Å². The molecule has 0 saturated heterocycles. The molecule has 1 rings (SSSR count). The van der Waals surface area contributed by atoms with E-state index in [1.54, 1.807) is 92.0 Å². The molecule has 0 bridgehead atoms.